The van der Waals surface area contributed by atoms with Crippen molar-refractivity contribution in [3.8, 4) is 0 Å². The largest absolute Gasteiger partial charge is 0.472 e. The summed E-state index contributed by atoms with van der Waals surface area (Å²) < 4.78 is 52.9. The third-order valence-corrected chi connectivity index (χ3v) is 12.0. The number of phosphoric ester groups is 2. The highest BCUT2D eigenvalue weighted by Gasteiger charge is 2.28. The lowest BCUT2D eigenvalue weighted by atomic mass is 10.1. The summed E-state index contributed by atoms with van der Waals surface area (Å²) in [6.07, 6.45) is 38.5. The molecule has 0 spiro atoms. The van der Waals surface area contributed by atoms with Gasteiger partial charge in [-0.15, -0.1) is 0 Å². The number of hydrogen-bond acceptors (Lipinski definition) is 13. The van der Waals surface area contributed by atoms with Crippen molar-refractivity contribution in [3.63, 3.8) is 0 Å². The van der Waals surface area contributed by atoms with Gasteiger partial charge in [-0.3, -0.25) is 27.7 Å². The zero-order chi connectivity index (χ0) is 47.4. The fourth-order valence-corrected chi connectivity index (χ4v) is 7.87. The number of allylic oxidation sites excluding steroid dienone is 6. The number of phosphoric acid groups is 2. The Hall–Kier alpha value is -1.74. The van der Waals surface area contributed by atoms with Gasteiger partial charge in [-0.2, -0.15) is 0 Å². The average Bonchev–Trinajstić information content (AvgIpc) is 3.27. The van der Waals surface area contributed by atoms with Crippen molar-refractivity contribution in [2.45, 2.75) is 212 Å². The predicted molar refractivity (Wildman–Crippen MR) is 251 cm³/mol. The number of aliphatic hydroxyl groups is 3. The summed E-state index contributed by atoms with van der Waals surface area (Å²) in [5.74, 6) is -1.000. The minimum Gasteiger partial charge on any atom is -0.463 e. The fourth-order valence-electron chi connectivity index (χ4n) is 6.28. The summed E-state index contributed by atoms with van der Waals surface area (Å²) in [6.45, 7) is 0.384. The molecule has 0 fully saturated rings. The van der Waals surface area contributed by atoms with Crippen LogP contribution in [-0.4, -0.2) is 95.0 Å². The van der Waals surface area contributed by atoms with E-state index in [0.29, 0.717) is 12.8 Å². The second-order valence-electron chi connectivity index (χ2n) is 16.5. The SMILES string of the molecule is CCCCC/C=C\C/C=C\C/C=C\CCCCCCCCCCC(=O)OCC(O)COP(=O)(O)OCC(O)COP(=O)(O)OCC(O)COC(=O)CCCCCCCCCCCCC. The first kappa shape index (κ1) is 62.3. The molecule has 0 saturated carbocycles. The van der Waals surface area contributed by atoms with Crippen LogP contribution < -0.4 is 0 Å². The van der Waals surface area contributed by atoms with Gasteiger partial charge < -0.3 is 34.6 Å². The number of esters is 2. The number of hydrogen-bond donors (Lipinski definition) is 5. The van der Waals surface area contributed by atoms with Crippen LogP contribution in [-0.2, 0) is 46.3 Å². The van der Waals surface area contributed by atoms with Crippen molar-refractivity contribution in [2.24, 2.45) is 0 Å². The van der Waals surface area contributed by atoms with E-state index >= 15 is 0 Å². The Labute approximate surface area is 386 Å². The molecule has 0 aromatic carbocycles. The van der Waals surface area contributed by atoms with E-state index < -0.39 is 85.5 Å². The van der Waals surface area contributed by atoms with Crippen molar-refractivity contribution in [1.82, 2.24) is 0 Å². The Morgan fingerprint density at radius 2 is 0.672 bits per heavy atom. The molecule has 0 aromatic heterocycles. The Balaban J connectivity index is 3.87. The van der Waals surface area contributed by atoms with Crippen molar-refractivity contribution in [3.05, 3.63) is 36.5 Å². The molecule has 64 heavy (non-hydrogen) atoms. The fraction of sp³-hybridized carbons (Fsp3) is 0.830. The summed E-state index contributed by atoms with van der Waals surface area (Å²) in [5.41, 5.74) is 0. The average molecular weight is 955 g/mol. The van der Waals surface area contributed by atoms with Gasteiger partial charge in [0.25, 0.3) is 0 Å². The van der Waals surface area contributed by atoms with Crippen LogP contribution in [0.1, 0.15) is 194 Å². The van der Waals surface area contributed by atoms with Gasteiger partial charge in [0.1, 0.15) is 31.5 Å². The number of ether oxygens (including phenoxy) is 2. The van der Waals surface area contributed by atoms with E-state index in [1.165, 1.54) is 89.9 Å². The first-order valence-electron chi connectivity index (χ1n) is 24.3. The zero-order valence-corrected chi connectivity index (χ0v) is 41.2. The van der Waals surface area contributed by atoms with Crippen molar-refractivity contribution >= 4 is 27.6 Å². The predicted octanol–water partition coefficient (Wildman–Crippen LogP) is 11.1. The van der Waals surface area contributed by atoms with E-state index in [0.717, 1.165) is 64.2 Å². The molecule has 376 valence electrons. The highest BCUT2D eigenvalue weighted by Crippen LogP contribution is 2.45. The first-order chi connectivity index (χ1) is 30.8. The number of rotatable bonds is 47. The smallest absolute Gasteiger partial charge is 0.463 e. The second kappa shape index (κ2) is 43.8. The van der Waals surface area contributed by atoms with Gasteiger partial charge in [0, 0.05) is 12.8 Å². The van der Waals surface area contributed by atoms with Crippen LogP contribution in [0, 0.1) is 0 Å². The summed E-state index contributed by atoms with van der Waals surface area (Å²) in [6, 6.07) is 0. The highest BCUT2D eigenvalue weighted by molar-refractivity contribution is 7.47. The lowest BCUT2D eigenvalue weighted by molar-refractivity contribution is -0.148. The Kier molecular flexibility index (Phi) is 42.6. The van der Waals surface area contributed by atoms with E-state index in [2.05, 4.69) is 68.4 Å². The Morgan fingerprint density at radius 1 is 0.406 bits per heavy atom. The Bertz CT molecular complexity index is 1290. The maximum atomic E-state index is 12.2. The minimum absolute atomic E-state index is 0.188. The monoisotopic (exact) mass is 955 g/mol. The molecule has 0 aliphatic rings. The third kappa shape index (κ3) is 45.4. The minimum atomic E-state index is -4.79. The summed E-state index contributed by atoms with van der Waals surface area (Å²) >= 11 is 0. The molecule has 0 aliphatic carbocycles. The van der Waals surface area contributed by atoms with Crippen LogP contribution in [0.4, 0.5) is 0 Å². The summed E-state index contributed by atoms with van der Waals surface area (Å²) in [5, 5.41) is 30.0. The highest BCUT2D eigenvalue weighted by atomic mass is 31.2. The molecular weight excluding hydrogens is 866 g/mol. The van der Waals surface area contributed by atoms with E-state index in [9.17, 15) is 43.8 Å². The molecule has 5 unspecified atom stereocenters. The molecular formula is C47H88O15P2. The van der Waals surface area contributed by atoms with Crippen LogP contribution >= 0.6 is 15.6 Å². The van der Waals surface area contributed by atoms with Crippen LogP contribution in [0.15, 0.2) is 36.5 Å². The van der Waals surface area contributed by atoms with E-state index in [1.54, 1.807) is 0 Å². The maximum Gasteiger partial charge on any atom is 0.472 e. The number of aliphatic hydroxyl groups excluding tert-OH is 3. The van der Waals surface area contributed by atoms with Gasteiger partial charge in [0.05, 0.1) is 26.4 Å². The molecule has 5 atom stereocenters. The molecule has 0 radical (unpaired) electrons. The molecule has 15 nitrogen and oxygen atoms in total. The normalized spacial score (nSPS) is 15.4. The molecule has 0 heterocycles. The van der Waals surface area contributed by atoms with E-state index in [1.807, 2.05) is 0 Å². The zero-order valence-electron chi connectivity index (χ0n) is 39.5. The topological polar surface area (TPSA) is 225 Å². The second-order valence-corrected chi connectivity index (χ2v) is 19.4. The van der Waals surface area contributed by atoms with Crippen molar-refractivity contribution < 1.29 is 71.4 Å². The number of carbonyl (C=O) groups excluding carboxylic acids is 2. The molecule has 0 rings (SSSR count). The molecule has 0 aromatic rings. The van der Waals surface area contributed by atoms with Gasteiger partial charge in [-0.1, -0.05) is 166 Å². The lowest BCUT2D eigenvalue weighted by Crippen LogP contribution is -2.25. The summed E-state index contributed by atoms with van der Waals surface area (Å²) in [7, 11) is -9.56. The van der Waals surface area contributed by atoms with Crippen LogP contribution in [0.5, 0.6) is 0 Å². The Morgan fingerprint density at radius 3 is 1.03 bits per heavy atom. The molecule has 17 heteroatoms. The number of unbranched alkanes of at least 4 members (excludes halogenated alkanes) is 21. The van der Waals surface area contributed by atoms with E-state index in [4.69, 9.17) is 9.47 Å². The molecule has 0 amide bonds. The summed E-state index contributed by atoms with van der Waals surface area (Å²) in [4.78, 5) is 43.7. The molecule has 0 aliphatic heterocycles. The van der Waals surface area contributed by atoms with Gasteiger partial charge in [-0.05, 0) is 51.4 Å². The van der Waals surface area contributed by atoms with E-state index in [-0.39, 0.29) is 12.8 Å². The molecule has 0 saturated heterocycles. The number of carbonyl (C=O) groups is 2. The van der Waals surface area contributed by atoms with Crippen LogP contribution in [0.25, 0.3) is 0 Å². The first-order valence-corrected chi connectivity index (χ1v) is 27.3. The van der Waals surface area contributed by atoms with Crippen LogP contribution in [0.3, 0.4) is 0 Å². The van der Waals surface area contributed by atoms with Crippen LogP contribution in [0.2, 0.25) is 0 Å². The van der Waals surface area contributed by atoms with Gasteiger partial charge in [-0.25, -0.2) is 9.13 Å². The van der Waals surface area contributed by atoms with Crippen molar-refractivity contribution in [1.29, 1.82) is 0 Å². The molecule has 0 bridgehead atoms. The van der Waals surface area contributed by atoms with Gasteiger partial charge in [0.15, 0.2) is 0 Å². The van der Waals surface area contributed by atoms with Gasteiger partial charge >= 0.3 is 27.6 Å². The standard InChI is InChI=1S/C47H88O15P2/c1-3-5-7-9-11-13-15-16-17-18-19-20-21-22-23-24-26-28-30-32-34-36-47(52)58-38-44(49)40-60-64(55,56)62-42-45(50)41-61-63(53,54)59-39-43(48)37-57-46(51)35-33-31-29-27-25-14-12-10-8-6-4-2/h11,13,16-17,19-20,43-45,48-50H,3-10,12,14-15,18,21-42H2,1-2H3,(H,53,54)(H,55,56)/b13-11-,17-16-,20-19-. The maximum absolute atomic E-state index is 12.2. The lowest BCUT2D eigenvalue weighted by Gasteiger charge is -2.19. The van der Waals surface area contributed by atoms with Crippen molar-refractivity contribution in [2.75, 3.05) is 39.6 Å². The third-order valence-electron chi connectivity index (χ3n) is 10.1. The van der Waals surface area contributed by atoms with Gasteiger partial charge in [0.2, 0.25) is 0 Å². The quantitative estimate of drug-likeness (QED) is 0.0166. The molecule has 5 N–H and O–H groups in total.